The molecule has 0 bridgehead atoms. The maximum atomic E-state index is 12.7. The van der Waals surface area contributed by atoms with E-state index >= 15 is 0 Å². The van der Waals surface area contributed by atoms with Crippen molar-refractivity contribution in [2.24, 2.45) is 0 Å². The van der Waals surface area contributed by atoms with E-state index in [1.807, 2.05) is 61.0 Å². The van der Waals surface area contributed by atoms with Gasteiger partial charge in [-0.25, -0.2) is 4.68 Å². The molecule has 156 valence electrons. The van der Waals surface area contributed by atoms with E-state index in [0.29, 0.717) is 24.5 Å². The predicted molar refractivity (Wildman–Crippen MR) is 115 cm³/mol. The molecule has 0 radical (unpaired) electrons. The number of benzene rings is 2. The molecular weight excluding hydrogens is 378 g/mol. The molecule has 1 atom stereocenters. The SMILES string of the molecule is Cc1nn(-c2ccccc2)c(C)c1CNC(=O)c1cccc(OC[C@@H]2CCCO2)c1. The lowest BCUT2D eigenvalue weighted by atomic mass is 10.1. The number of ether oxygens (including phenoxy) is 2. The summed E-state index contributed by atoms with van der Waals surface area (Å²) in [6.45, 7) is 5.73. The van der Waals surface area contributed by atoms with E-state index in [0.717, 1.165) is 42.1 Å². The van der Waals surface area contributed by atoms with Gasteiger partial charge >= 0.3 is 0 Å². The maximum absolute atomic E-state index is 12.7. The third kappa shape index (κ3) is 4.54. The Balaban J connectivity index is 1.40. The van der Waals surface area contributed by atoms with E-state index in [4.69, 9.17) is 9.47 Å². The molecule has 1 aliphatic rings. The molecule has 6 nitrogen and oxygen atoms in total. The number of hydrogen-bond donors (Lipinski definition) is 1. The van der Waals surface area contributed by atoms with Crippen molar-refractivity contribution in [1.82, 2.24) is 15.1 Å². The highest BCUT2D eigenvalue weighted by atomic mass is 16.5. The number of para-hydroxylation sites is 1. The number of nitrogens with zero attached hydrogens (tertiary/aromatic N) is 2. The number of carbonyl (C=O) groups is 1. The Labute approximate surface area is 176 Å². The first kappa shape index (κ1) is 20.2. The van der Waals surface area contributed by atoms with Crippen molar-refractivity contribution in [1.29, 1.82) is 0 Å². The Kier molecular flexibility index (Phi) is 6.14. The van der Waals surface area contributed by atoms with Gasteiger partial charge in [0, 0.05) is 30.0 Å². The molecule has 6 heteroatoms. The summed E-state index contributed by atoms with van der Waals surface area (Å²) >= 11 is 0. The fraction of sp³-hybridized carbons (Fsp3) is 0.333. The highest BCUT2D eigenvalue weighted by Gasteiger charge is 2.17. The van der Waals surface area contributed by atoms with Crippen LogP contribution in [0.15, 0.2) is 54.6 Å². The van der Waals surface area contributed by atoms with Gasteiger partial charge < -0.3 is 14.8 Å². The van der Waals surface area contributed by atoms with E-state index < -0.39 is 0 Å². The van der Waals surface area contributed by atoms with Crippen molar-refractivity contribution in [3.63, 3.8) is 0 Å². The number of aromatic nitrogens is 2. The number of rotatable bonds is 7. The lowest BCUT2D eigenvalue weighted by Gasteiger charge is -2.12. The van der Waals surface area contributed by atoms with Gasteiger partial charge in [0.15, 0.2) is 0 Å². The molecule has 1 amide bonds. The molecule has 1 aliphatic heterocycles. The van der Waals surface area contributed by atoms with Gasteiger partial charge in [-0.2, -0.15) is 5.10 Å². The first-order chi connectivity index (χ1) is 14.6. The third-order valence-electron chi connectivity index (χ3n) is 5.42. The molecular formula is C24H27N3O3. The number of nitrogens with one attached hydrogen (secondary N) is 1. The molecule has 4 rings (SSSR count). The molecule has 1 saturated heterocycles. The van der Waals surface area contributed by atoms with Crippen LogP contribution >= 0.6 is 0 Å². The van der Waals surface area contributed by atoms with Crippen LogP contribution in [0.25, 0.3) is 5.69 Å². The Morgan fingerprint density at radius 1 is 1.20 bits per heavy atom. The van der Waals surface area contributed by atoms with E-state index in [9.17, 15) is 4.79 Å². The molecule has 0 saturated carbocycles. The van der Waals surface area contributed by atoms with Crippen LogP contribution in [0.5, 0.6) is 5.75 Å². The Bertz CT molecular complexity index is 1010. The topological polar surface area (TPSA) is 65.4 Å². The van der Waals surface area contributed by atoms with Crippen LogP contribution in [-0.2, 0) is 11.3 Å². The second-order valence-corrected chi connectivity index (χ2v) is 7.55. The minimum atomic E-state index is -0.135. The van der Waals surface area contributed by atoms with Crippen LogP contribution in [0.1, 0.15) is 40.2 Å². The summed E-state index contributed by atoms with van der Waals surface area (Å²) in [5.41, 5.74) is 4.54. The molecule has 1 aromatic heterocycles. The zero-order valence-electron chi connectivity index (χ0n) is 17.4. The van der Waals surface area contributed by atoms with Crippen LogP contribution in [0.3, 0.4) is 0 Å². The molecule has 30 heavy (non-hydrogen) atoms. The van der Waals surface area contributed by atoms with Gasteiger partial charge in [0.1, 0.15) is 12.4 Å². The number of aryl methyl sites for hydroxylation is 1. The monoisotopic (exact) mass is 405 g/mol. The van der Waals surface area contributed by atoms with E-state index in [1.54, 1.807) is 12.1 Å². The Morgan fingerprint density at radius 3 is 2.80 bits per heavy atom. The van der Waals surface area contributed by atoms with Crippen LogP contribution in [-0.4, -0.2) is 35.0 Å². The Morgan fingerprint density at radius 2 is 2.03 bits per heavy atom. The van der Waals surface area contributed by atoms with Gasteiger partial charge in [-0.15, -0.1) is 0 Å². The highest BCUT2D eigenvalue weighted by Crippen LogP contribution is 2.19. The van der Waals surface area contributed by atoms with Crippen molar-refractivity contribution in [3.8, 4) is 11.4 Å². The van der Waals surface area contributed by atoms with Gasteiger partial charge in [0.25, 0.3) is 5.91 Å². The van der Waals surface area contributed by atoms with Crippen molar-refractivity contribution in [3.05, 3.63) is 77.1 Å². The summed E-state index contributed by atoms with van der Waals surface area (Å²) in [4.78, 5) is 12.7. The second kappa shape index (κ2) is 9.13. The standard InChI is InChI=1S/C24H27N3O3/c1-17-23(18(2)27(26-17)20-9-4-3-5-10-20)15-25-24(28)19-8-6-11-21(14-19)30-16-22-12-7-13-29-22/h3-6,8-11,14,22H,7,12-13,15-16H2,1-2H3,(H,25,28)/t22-/m0/s1. The first-order valence-corrected chi connectivity index (χ1v) is 10.3. The molecule has 0 unspecified atom stereocenters. The van der Waals surface area contributed by atoms with Crippen LogP contribution in [0.2, 0.25) is 0 Å². The predicted octanol–water partition coefficient (Wildman–Crippen LogP) is 3.98. The summed E-state index contributed by atoms with van der Waals surface area (Å²) in [5, 5.41) is 7.65. The number of carbonyl (C=O) groups excluding carboxylic acids is 1. The zero-order valence-corrected chi connectivity index (χ0v) is 17.4. The first-order valence-electron chi connectivity index (χ1n) is 10.3. The highest BCUT2D eigenvalue weighted by molar-refractivity contribution is 5.94. The zero-order chi connectivity index (χ0) is 20.9. The molecule has 2 heterocycles. The van der Waals surface area contributed by atoms with Crippen molar-refractivity contribution >= 4 is 5.91 Å². The minimum Gasteiger partial charge on any atom is -0.491 e. The molecule has 0 aliphatic carbocycles. The van der Waals surface area contributed by atoms with Crippen LogP contribution in [0, 0.1) is 13.8 Å². The van der Waals surface area contributed by atoms with E-state index in [2.05, 4.69) is 10.4 Å². The fourth-order valence-corrected chi connectivity index (χ4v) is 3.71. The van der Waals surface area contributed by atoms with Crippen LogP contribution < -0.4 is 10.1 Å². The molecule has 3 aromatic rings. The lowest BCUT2D eigenvalue weighted by Crippen LogP contribution is -2.23. The van der Waals surface area contributed by atoms with Crippen LogP contribution in [0.4, 0.5) is 0 Å². The summed E-state index contributed by atoms with van der Waals surface area (Å²) in [5.74, 6) is 0.547. The van der Waals surface area contributed by atoms with Gasteiger partial charge in [-0.1, -0.05) is 24.3 Å². The molecule has 0 spiro atoms. The summed E-state index contributed by atoms with van der Waals surface area (Å²) in [6.07, 6.45) is 2.25. The lowest BCUT2D eigenvalue weighted by molar-refractivity contribution is 0.0679. The summed E-state index contributed by atoms with van der Waals surface area (Å²) < 4.78 is 13.3. The molecule has 1 N–H and O–H groups in total. The average Bonchev–Trinajstić information content (AvgIpc) is 3.39. The largest absolute Gasteiger partial charge is 0.491 e. The molecule has 2 aromatic carbocycles. The van der Waals surface area contributed by atoms with E-state index in [1.165, 1.54) is 0 Å². The normalized spacial score (nSPS) is 15.9. The summed E-state index contributed by atoms with van der Waals surface area (Å²) in [6, 6.07) is 17.3. The Hall–Kier alpha value is -3.12. The smallest absolute Gasteiger partial charge is 0.251 e. The number of hydrogen-bond acceptors (Lipinski definition) is 4. The third-order valence-corrected chi connectivity index (χ3v) is 5.42. The molecule has 1 fully saturated rings. The minimum absolute atomic E-state index is 0.135. The van der Waals surface area contributed by atoms with E-state index in [-0.39, 0.29) is 12.0 Å². The number of amides is 1. The maximum Gasteiger partial charge on any atom is 0.251 e. The van der Waals surface area contributed by atoms with Crippen molar-refractivity contribution in [2.75, 3.05) is 13.2 Å². The van der Waals surface area contributed by atoms with Crippen molar-refractivity contribution < 1.29 is 14.3 Å². The second-order valence-electron chi connectivity index (χ2n) is 7.55. The van der Waals surface area contributed by atoms with Gasteiger partial charge in [-0.3, -0.25) is 4.79 Å². The van der Waals surface area contributed by atoms with Gasteiger partial charge in [-0.05, 0) is 57.0 Å². The summed E-state index contributed by atoms with van der Waals surface area (Å²) in [7, 11) is 0. The van der Waals surface area contributed by atoms with Crippen molar-refractivity contribution in [2.45, 2.75) is 39.3 Å². The quantitative estimate of drug-likeness (QED) is 0.646. The fourth-order valence-electron chi connectivity index (χ4n) is 3.71. The average molecular weight is 405 g/mol. The van der Waals surface area contributed by atoms with Gasteiger partial charge in [0.05, 0.1) is 17.5 Å². The van der Waals surface area contributed by atoms with Gasteiger partial charge in [0.2, 0.25) is 0 Å².